The van der Waals surface area contributed by atoms with Gasteiger partial charge in [0.15, 0.2) is 0 Å². The van der Waals surface area contributed by atoms with E-state index in [1.165, 1.54) is 5.56 Å². The van der Waals surface area contributed by atoms with Crippen LogP contribution >= 0.6 is 0 Å². The van der Waals surface area contributed by atoms with Gasteiger partial charge in [0, 0.05) is 25.5 Å². The summed E-state index contributed by atoms with van der Waals surface area (Å²) in [6.45, 7) is 10.0. The Hall–Kier alpha value is -1.74. The number of allylic oxidation sites excluding steroid dienone is 1. The molecule has 0 radical (unpaired) electrons. The van der Waals surface area contributed by atoms with Crippen LogP contribution in [0, 0.1) is 0 Å². The molecule has 0 atom stereocenters. The van der Waals surface area contributed by atoms with Gasteiger partial charge >= 0.3 is 0 Å². The molecule has 1 N–H and O–H groups in total. The van der Waals surface area contributed by atoms with Gasteiger partial charge in [-0.1, -0.05) is 56.8 Å². The average Bonchev–Trinajstić information content (AvgIpc) is 2.45. The third-order valence-electron chi connectivity index (χ3n) is 2.82. The molecule has 1 rings (SSSR count). The molecule has 1 aromatic rings. The van der Waals surface area contributed by atoms with Crippen LogP contribution in [0.2, 0.25) is 0 Å². The van der Waals surface area contributed by atoms with Crippen LogP contribution in [0.5, 0.6) is 0 Å². The van der Waals surface area contributed by atoms with Gasteiger partial charge < -0.3 is 0 Å². The molecule has 1 aromatic carbocycles. The maximum Gasteiger partial charge on any atom is 0.0361 e. The van der Waals surface area contributed by atoms with Gasteiger partial charge in [0.25, 0.3) is 0 Å². The molecular formula is C16H25N3. The Bertz CT molecular complexity index is 373. The van der Waals surface area contributed by atoms with Crippen LogP contribution in [0.1, 0.15) is 25.8 Å². The van der Waals surface area contributed by atoms with Crippen LogP contribution in [-0.2, 0) is 6.42 Å². The molecule has 3 heteroatoms. The van der Waals surface area contributed by atoms with Crippen molar-refractivity contribution < 1.29 is 0 Å². The van der Waals surface area contributed by atoms with E-state index < -0.39 is 0 Å². The fourth-order valence-electron chi connectivity index (χ4n) is 1.89. The predicted molar refractivity (Wildman–Crippen MR) is 82.0 cm³/mol. The molecule has 0 heterocycles. The first kappa shape index (κ1) is 15.3. The van der Waals surface area contributed by atoms with Crippen molar-refractivity contribution in [1.29, 1.82) is 0 Å². The highest BCUT2D eigenvalue weighted by Crippen LogP contribution is 2.02. The number of rotatable bonds is 9. The highest BCUT2D eigenvalue weighted by molar-refractivity contribution is 5.17. The lowest BCUT2D eigenvalue weighted by Gasteiger charge is -2.32. The van der Waals surface area contributed by atoms with E-state index in [4.69, 9.17) is 0 Å². The van der Waals surface area contributed by atoms with E-state index in [0.29, 0.717) is 0 Å². The number of benzene rings is 1. The largest absolute Gasteiger partial charge is 0.292 e. The zero-order valence-electron chi connectivity index (χ0n) is 12.0. The Morgan fingerprint density at radius 3 is 2.53 bits per heavy atom. The maximum atomic E-state index is 3.73. The highest BCUT2D eigenvalue weighted by Gasteiger charge is 2.06. The molecule has 0 aliphatic carbocycles. The molecule has 0 saturated carbocycles. The van der Waals surface area contributed by atoms with E-state index in [1.54, 1.807) is 6.20 Å². The summed E-state index contributed by atoms with van der Waals surface area (Å²) in [6, 6.07) is 10.5. The van der Waals surface area contributed by atoms with Gasteiger partial charge in [0.2, 0.25) is 0 Å². The number of hydrazine groups is 2. The highest BCUT2D eigenvalue weighted by atomic mass is 15.8. The monoisotopic (exact) mass is 259 g/mol. The first-order valence-corrected chi connectivity index (χ1v) is 6.93. The standard InChI is InChI=1S/C16H25N3/c1-4-14-18(6-3)19(17-5-2)15-10-13-16-11-8-7-9-12-16/h5,7-12,15,17H,2,4,6,13-14H2,1,3H3/b15-10+. The average molecular weight is 259 g/mol. The molecule has 0 saturated heterocycles. The first-order valence-electron chi connectivity index (χ1n) is 6.93. The van der Waals surface area contributed by atoms with Gasteiger partial charge in [-0.3, -0.25) is 5.43 Å². The van der Waals surface area contributed by atoms with Crippen LogP contribution in [0.15, 0.2) is 55.4 Å². The van der Waals surface area contributed by atoms with E-state index in [0.717, 1.165) is 25.9 Å². The second-order valence-electron chi connectivity index (χ2n) is 4.30. The number of hydrogen-bond acceptors (Lipinski definition) is 3. The van der Waals surface area contributed by atoms with Gasteiger partial charge in [0.05, 0.1) is 0 Å². The second-order valence-corrected chi connectivity index (χ2v) is 4.30. The van der Waals surface area contributed by atoms with Crippen molar-refractivity contribution in [3.8, 4) is 0 Å². The summed E-state index contributed by atoms with van der Waals surface area (Å²) in [4.78, 5) is 0. The number of nitrogens with zero attached hydrogens (tertiary/aromatic N) is 2. The molecule has 0 amide bonds. The molecule has 0 aliphatic rings. The lowest BCUT2D eigenvalue weighted by Crippen LogP contribution is -2.45. The van der Waals surface area contributed by atoms with Crippen LogP contribution in [0.4, 0.5) is 0 Å². The Kier molecular flexibility index (Phi) is 7.44. The lowest BCUT2D eigenvalue weighted by molar-refractivity contribution is -0.00513. The quantitative estimate of drug-likeness (QED) is 0.686. The maximum absolute atomic E-state index is 3.73. The minimum Gasteiger partial charge on any atom is -0.292 e. The molecule has 0 bridgehead atoms. The molecule has 0 fully saturated rings. The summed E-state index contributed by atoms with van der Waals surface area (Å²) >= 11 is 0. The van der Waals surface area contributed by atoms with E-state index in [1.807, 2.05) is 11.2 Å². The smallest absolute Gasteiger partial charge is 0.0361 e. The van der Waals surface area contributed by atoms with Crippen LogP contribution < -0.4 is 5.43 Å². The minimum atomic E-state index is 0.930. The van der Waals surface area contributed by atoms with Gasteiger partial charge in [0.1, 0.15) is 0 Å². The van der Waals surface area contributed by atoms with Crippen molar-refractivity contribution >= 4 is 0 Å². The zero-order valence-corrected chi connectivity index (χ0v) is 12.0. The summed E-state index contributed by atoms with van der Waals surface area (Å²) in [5, 5.41) is 4.24. The topological polar surface area (TPSA) is 18.5 Å². The summed E-state index contributed by atoms with van der Waals surface area (Å²) in [7, 11) is 0. The predicted octanol–water partition coefficient (Wildman–Crippen LogP) is 3.34. The molecule has 3 nitrogen and oxygen atoms in total. The number of nitrogens with one attached hydrogen (secondary N) is 1. The van der Waals surface area contributed by atoms with Crippen LogP contribution in [-0.4, -0.2) is 23.2 Å². The third kappa shape index (κ3) is 5.62. The Labute approximate surface area is 117 Å². The fourth-order valence-corrected chi connectivity index (χ4v) is 1.89. The fraction of sp³-hybridized carbons (Fsp3) is 0.375. The van der Waals surface area contributed by atoms with E-state index in [9.17, 15) is 0 Å². The Balaban J connectivity index is 2.58. The minimum absolute atomic E-state index is 0.930. The van der Waals surface area contributed by atoms with Crippen molar-refractivity contribution in [2.75, 3.05) is 13.1 Å². The molecule has 0 spiro atoms. The van der Waals surface area contributed by atoms with Gasteiger partial charge in [-0.15, -0.1) is 0 Å². The van der Waals surface area contributed by atoms with Crippen LogP contribution in [0.3, 0.4) is 0 Å². The Morgan fingerprint density at radius 1 is 1.21 bits per heavy atom. The van der Waals surface area contributed by atoms with Crippen LogP contribution in [0.25, 0.3) is 0 Å². The third-order valence-corrected chi connectivity index (χ3v) is 2.82. The molecule has 0 aliphatic heterocycles. The summed E-state index contributed by atoms with van der Waals surface area (Å²) in [6.07, 6.45) is 7.97. The van der Waals surface area contributed by atoms with E-state index in [-0.39, 0.29) is 0 Å². The van der Waals surface area contributed by atoms with Gasteiger partial charge in [-0.25, -0.2) is 10.1 Å². The SMILES string of the molecule is C=CNN(/C=C/Cc1ccccc1)N(CC)CCC. The first-order chi connectivity index (χ1) is 9.31. The molecule has 19 heavy (non-hydrogen) atoms. The van der Waals surface area contributed by atoms with Gasteiger partial charge in [-0.05, 0) is 18.4 Å². The zero-order chi connectivity index (χ0) is 13.9. The van der Waals surface area contributed by atoms with E-state index in [2.05, 4.69) is 67.4 Å². The van der Waals surface area contributed by atoms with Crippen molar-refractivity contribution in [2.24, 2.45) is 0 Å². The normalized spacial score (nSPS) is 10.9. The Morgan fingerprint density at radius 2 is 1.95 bits per heavy atom. The summed E-state index contributed by atoms with van der Waals surface area (Å²) in [5.41, 5.74) is 4.46. The van der Waals surface area contributed by atoms with E-state index >= 15 is 0 Å². The number of hydrogen-bond donors (Lipinski definition) is 1. The molecular weight excluding hydrogens is 234 g/mol. The van der Waals surface area contributed by atoms with Gasteiger partial charge in [-0.2, -0.15) is 0 Å². The van der Waals surface area contributed by atoms with Crippen molar-refractivity contribution in [1.82, 2.24) is 15.6 Å². The molecule has 0 aromatic heterocycles. The lowest BCUT2D eigenvalue weighted by atomic mass is 10.1. The second kappa shape index (κ2) is 9.22. The molecule has 0 unspecified atom stereocenters. The van der Waals surface area contributed by atoms with Crippen molar-refractivity contribution in [2.45, 2.75) is 26.7 Å². The molecule has 104 valence electrons. The summed E-state index contributed by atoms with van der Waals surface area (Å²) in [5.74, 6) is 0. The van der Waals surface area contributed by atoms with Crippen molar-refractivity contribution in [3.05, 3.63) is 61.0 Å². The summed E-state index contributed by atoms with van der Waals surface area (Å²) < 4.78 is 0. The van der Waals surface area contributed by atoms with Crippen molar-refractivity contribution in [3.63, 3.8) is 0 Å².